The molecule has 178 valence electrons. The van der Waals surface area contributed by atoms with Crippen LogP contribution in [0.15, 0.2) is 77.3 Å². The molecule has 1 unspecified atom stereocenters. The monoisotopic (exact) mass is 522 g/mol. The zero-order valence-corrected chi connectivity index (χ0v) is 21.3. The predicted octanol–water partition coefficient (Wildman–Crippen LogP) is 6.12. The molecule has 34 heavy (non-hydrogen) atoms. The van der Waals surface area contributed by atoms with Gasteiger partial charge in [-0.3, -0.25) is 4.90 Å². The molecule has 0 radical (unpaired) electrons. The standard InChI is InChI=1S/C28H31BrN2O3/c1-30(18-21-7-13-26(14-8-21)34-27-15-11-24(29)12-16-27)20-25-4-3-17-31(25)19-22-5-9-23(10-6-22)28(32)33-2/h5-16,25H,3-4,17-20H2,1-2H3. The number of benzene rings is 3. The minimum absolute atomic E-state index is 0.292. The van der Waals surface area contributed by atoms with Crippen molar-refractivity contribution in [2.24, 2.45) is 0 Å². The number of nitrogens with zero attached hydrogens (tertiary/aromatic N) is 2. The lowest BCUT2D eigenvalue weighted by atomic mass is 10.1. The molecule has 0 aliphatic carbocycles. The Morgan fingerprint density at radius 3 is 2.24 bits per heavy atom. The number of carbonyl (C=O) groups is 1. The van der Waals surface area contributed by atoms with Gasteiger partial charge < -0.3 is 14.4 Å². The highest BCUT2D eigenvalue weighted by Gasteiger charge is 2.25. The summed E-state index contributed by atoms with van der Waals surface area (Å²) in [5.41, 5.74) is 3.09. The van der Waals surface area contributed by atoms with E-state index in [0.717, 1.165) is 42.2 Å². The van der Waals surface area contributed by atoms with E-state index >= 15 is 0 Å². The molecule has 1 atom stereocenters. The van der Waals surface area contributed by atoms with Gasteiger partial charge >= 0.3 is 5.97 Å². The zero-order valence-electron chi connectivity index (χ0n) is 19.7. The van der Waals surface area contributed by atoms with Gasteiger partial charge in [-0.1, -0.05) is 40.2 Å². The number of halogens is 1. The Morgan fingerprint density at radius 2 is 1.59 bits per heavy atom. The molecule has 1 heterocycles. The Kier molecular flexibility index (Phi) is 8.38. The molecule has 5 nitrogen and oxygen atoms in total. The highest BCUT2D eigenvalue weighted by molar-refractivity contribution is 9.10. The molecule has 3 aromatic rings. The van der Waals surface area contributed by atoms with E-state index in [-0.39, 0.29) is 5.97 Å². The molecule has 3 aromatic carbocycles. The number of hydrogen-bond donors (Lipinski definition) is 0. The molecule has 4 rings (SSSR count). The van der Waals surface area contributed by atoms with Crippen LogP contribution in [0.2, 0.25) is 0 Å². The van der Waals surface area contributed by atoms with Crippen LogP contribution in [0.4, 0.5) is 0 Å². The van der Waals surface area contributed by atoms with E-state index in [1.807, 2.05) is 60.7 Å². The average Bonchev–Trinajstić information content (AvgIpc) is 3.28. The van der Waals surface area contributed by atoms with Crippen LogP contribution in [0.25, 0.3) is 0 Å². The van der Waals surface area contributed by atoms with Gasteiger partial charge in [0.2, 0.25) is 0 Å². The van der Waals surface area contributed by atoms with E-state index < -0.39 is 0 Å². The largest absolute Gasteiger partial charge is 0.465 e. The molecule has 0 saturated carbocycles. The summed E-state index contributed by atoms with van der Waals surface area (Å²) in [7, 11) is 3.60. The molecule has 1 fully saturated rings. The summed E-state index contributed by atoms with van der Waals surface area (Å²) in [6, 6.07) is 24.5. The Bertz CT molecular complexity index is 1070. The summed E-state index contributed by atoms with van der Waals surface area (Å²) in [6.07, 6.45) is 2.44. The van der Waals surface area contributed by atoms with Crippen molar-refractivity contribution in [3.63, 3.8) is 0 Å². The summed E-state index contributed by atoms with van der Waals surface area (Å²) in [4.78, 5) is 16.6. The molecule has 0 aromatic heterocycles. The lowest BCUT2D eigenvalue weighted by molar-refractivity contribution is 0.0600. The highest BCUT2D eigenvalue weighted by atomic mass is 79.9. The van der Waals surface area contributed by atoms with Crippen LogP contribution in [0.3, 0.4) is 0 Å². The van der Waals surface area contributed by atoms with Crippen LogP contribution < -0.4 is 4.74 Å². The second-order valence-corrected chi connectivity index (χ2v) is 9.77. The van der Waals surface area contributed by atoms with E-state index in [2.05, 4.69) is 44.9 Å². The summed E-state index contributed by atoms with van der Waals surface area (Å²) in [6.45, 7) is 3.94. The fraction of sp³-hybridized carbons (Fsp3) is 0.321. The number of ether oxygens (including phenoxy) is 2. The topological polar surface area (TPSA) is 42.0 Å². The maximum absolute atomic E-state index is 11.7. The first-order chi connectivity index (χ1) is 16.5. The Hall–Kier alpha value is -2.67. The maximum atomic E-state index is 11.7. The lowest BCUT2D eigenvalue weighted by Crippen LogP contribution is -2.38. The van der Waals surface area contributed by atoms with Crippen molar-refractivity contribution in [3.8, 4) is 11.5 Å². The Balaban J connectivity index is 1.28. The SMILES string of the molecule is COC(=O)c1ccc(CN2CCCC2CN(C)Cc2ccc(Oc3ccc(Br)cc3)cc2)cc1. The van der Waals surface area contributed by atoms with E-state index in [9.17, 15) is 4.79 Å². The van der Waals surface area contributed by atoms with Crippen molar-refractivity contribution in [2.75, 3.05) is 27.2 Å². The minimum atomic E-state index is -0.292. The van der Waals surface area contributed by atoms with Crippen molar-refractivity contribution in [2.45, 2.75) is 32.0 Å². The van der Waals surface area contributed by atoms with Gasteiger partial charge in [0, 0.05) is 30.1 Å². The average molecular weight is 523 g/mol. The van der Waals surface area contributed by atoms with E-state index in [1.165, 1.54) is 31.1 Å². The van der Waals surface area contributed by atoms with Crippen LogP contribution in [0, 0.1) is 0 Å². The first kappa shape index (κ1) is 24.5. The molecule has 6 heteroatoms. The molecular formula is C28H31BrN2O3. The van der Waals surface area contributed by atoms with E-state index in [1.54, 1.807) is 0 Å². The summed E-state index contributed by atoms with van der Waals surface area (Å²) in [5.74, 6) is 1.38. The van der Waals surface area contributed by atoms with Crippen molar-refractivity contribution >= 4 is 21.9 Å². The first-order valence-corrected chi connectivity index (χ1v) is 12.4. The van der Waals surface area contributed by atoms with Crippen LogP contribution in [0.1, 0.15) is 34.3 Å². The van der Waals surface area contributed by atoms with Crippen molar-refractivity contribution < 1.29 is 14.3 Å². The maximum Gasteiger partial charge on any atom is 0.337 e. The second-order valence-electron chi connectivity index (χ2n) is 8.85. The molecular weight excluding hydrogens is 492 g/mol. The number of hydrogen-bond acceptors (Lipinski definition) is 5. The highest BCUT2D eigenvalue weighted by Crippen LogP contribution is 2.25. The summed E-state index contributed by atoms with van der Waals surface area (Å²) in [5, 5.41) is 0. The molecule has 1 saturated heterocycles. The summed E-state index contributed by atoms with van der Waals surface area (Å²) < 4.78 is 11.8. The number of carbonyl (C=O) groups excluding carboxylic acids is 1. The molecule has 1 aliphatic rings. The third kappa shape index (κ3) is 6.69. The van der Waals surface area contributed by atoms with Crippen LogP contribution in [0.5, 0.6) is 11.5 Å². The normalized spacial score (nSPS) is 16.1. The fourth-order valence-corrected chi connectivity index (χ4v) is 4.71. The number of methoxy groups -OCH3 is 1. The Morgan fingerprint density at radius 1 is 0.971 bits per heavy atom. The van der Waals surface area contributed by atoms with Crippen molar-refractivity contribution in [1.29, 1.82) is 0 Å². The van der Waals surface area contributed by atoms with Gasteiger partial charge in [0.05, 0.1) is 12.7 Å². The van der Waals surface area contributed by atoms with Gasteiger partial charge in [-0.05, 0) is 86.1 Å². The predicted molar refractivity (Wildman–Crippen MR) is 138 cm³/mol. The number of esters is 1. The third-order valence-electron chi connectivity index (χ3n) is 6.21. The zero-order chi connectivity index (χ0) is 23.9. The van der Waals surface area contributed by atoms with E-state index in [0.29, 0.717) is 11.6 Å². The smallest absolute Gasteiger partial charge is 0.337 e. The van der Waals surface area contributed by atoms with E-state index in [4.69, 9.17) is 9.47 Å². The van der Waals surface area contributed by atoms with Crippen LogP contribution in [-0.2, 0) is 17.8 Å². The van der Waals surface area contributed by atoms with Gasteiger partial charge in [-0.25, -0.2) is 4.79 Å². The van der Waals surface area contributed by atoms with Gasteiger partial charge in [-0.15, -0.1) is 0 Å². The van der Waals surface area contributed by atoms with Gasteiger partial charge in [0.25, 0.3) is 0 Å². The number of likely N-dealkylation sites (N-methyl/N-ethyl adjacent to an activating group) is 1. The quantitative estimate of drug-likeness (QED) is 0.316. The van der Waals surface area contributed by atoms with Gasteiger partial charge in [0.1, 0.15) is 11.5 Å². The molecule has 1 aliphatic heterocycles. The van der Waals surface area contributed by atoms with Crippen LogP contribution >= 0.6 is 15.9 Å². The van der Waals surface area contributed by atoms with Gasteiger partial charge in [0.15, 0.2) is 0 Å². The first-order valence-electron chi connectivity index (χ1n) is 11.6. The molecule has 0 N–H and O–H groups in total. The fourth-order valence-electron chi connectivity index (χ4n) is 4.45. The Labute approximate surface area is 210 Å². The molecule has 0 bridgehead atoms. The second kappa shape index (κ2) is 11.6. The molecule has 0 amide bonds. The molecule has 0 spiro atoms. The minimum Gasteiger partial charge on any atom is -0.465 e. The number of rotatable bonds is 9. The number of likely N-dealkylation sites (tertiary alicyclic amines) is 1. The summed E-state index contributed by atoms with van der Waals surface area (Å²) >= 11 is 3.45. The van der Waals surface area contributed by atoms with Gasteiger partial charge in [-0.2, -0.15) is 0 Å². The van der Waals surface area contributed by atoms with Crippen LogP contribution in [-0.4, -0.2) is 49.1 Å². The van der Waals surface area contributed by atoms with Crippen molar-refractivity contribution in [3.05, 3.63) is 94.0 Å². The van der Waals surface area contributed by atoms with Crippen molar-refractivity contribution in [1.82, 2.24) is 9.80 Å². The third-order valence-corrected chi connectivity index (χ3v) is 6.74. The lowest BCUT2D eigenvalue weighted by Gasteiger charge is -2.29.